The molecule has 1 amide bonds. The molecule has 4 rings (SSSR count). The van der Waals surface area contributed by atoms with Crippen LogP contribution in [0.4, 0.5) is 0 Å². The summed E-state index contributed by atoms with van der Waals surface area (Å²) in [5.41, 5.74) is 6.18. The lowest BCUT2D eigenvalue weighted by molar-refractivity contribution is 0.101. The fraction of sp³-hybridized carbons (Fsp3) is 0. The van der Waals surface area contributed by atoms with E-state index in [0.717, 1.165) is 22.2 Å². The Morgan fingerprint density at radius 2 is 1.42 bits per heavy atom. The summed E-state index contributed by atoms with van der Waals surface area (Å²) < 4.78 is 0. The number of nitrogens with one attached hydrogen (secondary N) is 1. The van der Waals surface area contributed by atoms with E-state index in [-0.39, 0.29) is 5.91 Å². The first-order chi connectivity index (χ1) is 11.8. The van der Waals surface area contributed by atoms with Gasteiger partial charge in [-0.15, -0.1) is 0 Å². The third-order valence-corrected chi connectivity index (χ3v) is 3.87. The van der Waals surface area contributed by atoms with E-state index < -0.39 is 0 Å². The normalized spacial score (nSPS) is 10.7. The summed E-state index contributed by atoms with van der Waals surface area (Å²) >= 11 is 0. The lowest BCUT2D eigenvalue weighted by atomic mass is 10.1. The van der Waals surface area contributed by atoms with Gasteiger partial charge in [-0.1, -0.05) is 66.7 Å². The van der Waals surface area contributed by atoms with Crippen LogP contribution in [0.3, 0.4) is 0 Å². The van der Waals surface area contributed by atoms with Crippen LogP contribution in [0.2, 0.25) is 0 Å². The van der Waals surface area contributed by atoms with Gasteiger partial charge in [-0.3, -0.25) is 4.79 Å². The predicted octanol–water partition coefficient (Wildman–Crippen LogP) is 4.09. The number of carbonyl (C=O) groups is 1. The molecule has 0 saturated carbocycles. The number of hydrogen-bond acceptors (Lipinski definition) is 2. The molecule has 1 N–H and O–H groups in total. The van der Waals surface area contributed by atoms with Crippen molar-refractivity contribution in [2.45, 2.75) is 0 Å². The Morgan fingerprint density at radius 3 is 2.17 bits per heavy atom. The van der Waals surface area contributed by atoms with E-state index in [0.29, 0.717) is 5.56 Å². The first-order valence-electron chi connectivity index (χ1n) is 7.72. The monoisotopic (exact) mass is 313 g/mol. The fourth-order valence-corrected chi connectivity index (χ4v) is 2.74. The molecule has 0 aliphatic carbocycles. The Hall–Kier alpha value is -3.40. The number of nitrogens with zero attached hydrogens (tertiary/aromatic N) is 2. The van der Waals surface area contributed by atoms with Crippen molar-refractivity contribution in [1.82, 2.24) is 9.89 Å². The van der Waals surface area contributed by atoms with Crippen LogP contribution in [0.5, 0.6) is 0 Å². The predicted molar refractivity (Wildman–Crippen MR) is 95.3 cm³/mol. The summed E-state index contributed by atoms with van der Waals surface area (Å²) in [5, 5.41) is 5.54. The summed E-state index contributed by atoms with van der Waals surface area (Å²) in [6.07, 6.45) is 0. The molecule has 1 heterocycles. The van der Waals surface area contributed by atoms with Crippen molar-refractivity contribution in [1.29, 1.82) is 0 Å². The van der Waals surface area contributed by atoms with E-state index in [1.165, 1.54) is 0 Å². The Bertz CT molecular complexity index is 991. The number of carbonyl (C=O) groups excluding carboxylic acids is 1. The third kappa shape index (κ3) is 2.54. The highest BCUT2D eigenvalue weighted by Crippen LogP contribution is 2.27. The van der Waals surface area contributed by atoms with Crippen molar-refractivity contribution in [2.24, 2.45) is 0 Å². The van der Waals surface area contributed by atoms with Gasteiger partial charge in [0.1, 0.15) is 5.69 Å². The molecule has 4 aromatic rings. The second kappa shape index (κ2) is 6.01. The summed E-state index contributed by atoms with van der Waals surface area (Å²) in [7, 11) is 0. The van der Waals surface area contributed by atoms with E-state index >= 15 is 0 Å². The number of amides is 1. The topological polar surface area (TPSA) is 46.9 Å². The van der Waals surface area contributed by atoms with Crippen LogP contribution in [-0.4, -0.2) is 15.8 Å². The van der Waals surface area contributed by atoms with E-state index in [4.69, 9.17) is 0 Å². The Morgan fingerprint density at radius 1 is 0.792 bits per heavy atom. The summed E-state index contributed by atoms with van der Waals surface area (Å²) in [5.74, 6) is -0.194. The standard InChI is InChI=1S/C20H15N3O/c24-20(16-11-5-2-6-12-16)22-23-19(15-9-3-1-4-10-15)17-13-7-8-14-18(17)21-23/h1-14H,(H,22,24). The Kier molecular flexibility index (Phi) is 3.56. The van der Waals surface area contributed by atoms with E-state index in [1.807, 2.05) is 72.8 Å². The number of aromatic nitrogens is 2. The van der Waals surface area contributed by atoms with Gasteiger partial charge in [-0.25, -0.2) is 5.43 Å². The molecule has 0 fully saturated rings. The van der Waals surface area contributed by atoms with Gasteiger partial charge in [0.05, 0.1) is 5.52 Å². The molecule has 3 aromatic carbocycles. The van der Waals surface area contributed by atoms with Crippen LogP contribution < -0.4 is 5.43 Å². The lowest BCUT2D eigenvalue weighted by Crippen LogP contribution is -2.24. The first-order valence-corrected chi connectivity index (χ1v) is 7.72. The van der Waals surface area contributed by atoms with Crippen LogP contribution in [0.1, 0.15) is 10.4 Å². The number of benzene rings is 3. The van der Waals surface area contributed by atoms with Gasteiger partial charge in [0.15, 0.2) is 0 Å². The van der Waals surface area contributed by atoms with E-state index in [9.17, 15) is 4.79 Å². The molecular formula is C20H15N3O. The third-order valence-electron chi connectivity index (χ3n) is 3.87. The van der Waals surface area contributed by atoms with Gasteiger partial charge in [0.25, 0.3) is 5.91 Å². The van der Waals surface area contributed by atoms with Crippen LogP contribution in [0.15, 0.2) is 84.9 Å². The van der Waals surface area contributed by atoms with Crippen LogP contribution in [0.25, 0.3) is 22.2 Å². The van der Waals surface area contributed by atoms with Gasteiger partial charge in [-0.2, -0.15) is 9.89 Å². The maximum Gasteiger partial charge on any atom is 0.271 e. The zero-order valence-corrected chi connectivity index (χ0v) is 12.9. The zero-order chi connectivity index (χ0) is 16.4. The molecule has 116 valence electrons. The van der Waals surface area contributed by atoms with Gasteiger partial charge in [-0.05, 0) is 18.2 Å². The minimum absolute atomic E-state index is 0.194. The number of rotatable bonds is 3. The van der Waals surface area contributed by atoms with Crippen molar-refractivity contribution in [2.75, 3.05) is 5.43 Å². The van der Waals surface area contributed by atoms with Crippen LogP contribution in [-0.2, 0) is 0 Å². The highest BCUT2D eigenvalue weighted by Gasteiger charge is 2.15. The molecule has 0 spiro atoms. The van der Waals surface area contributed by atoms with E-state index in [2.05, 4.69) is 10.5 Å². The molecular weight excluding hydrogens is 298 g/mol. The maximum atomic E-state index is 12.5. The van der Waals surface area contributed by atoms with Crippen LogP contribution in [0, 0.1) is 0 Å². The molecule has 0 saturated heterocycles. The van der Waals surface area contributed by atoms with Crippen LogP contribution >= 0.6 is 0 Å². The molecule has 4 heteroatoms. The quantitative estimate of drug-likeness (QED) is 0.619. The molecule has 0 aliphatic rings. The van der Waals surface area contributed by atoms with Gasteiger partial charge in [0, 0.05) is 16.5 Å². The number of fused-ring (bicyclic) bond motifs is 1. The van der Waals surface area contributed by atoms with Gasteiger partial charge >= 0.3 is 0 Å². The molecule has 0 radical (unpaired) electrons. The molecule has 4 nitrogen and oxygen atoms in total. The number of hydrogen-bond donors (Lipinski definition) is 1. The Balaban J connectivity index is 1.82. The van der Waals surface area contributed by atoms with Crippen molar-refractivity contribution in [3.8, 4) is 11.3 Å². The van der Waals surface area contributed by atoms with Gasteiger partial charge in [0.2, 0.25) is 0 Å². The molecule has 0 atom stereocenters. The lowest BCUT2D eigenvalue weighted by Gasteiger charge is -2.09. The largest absolute Gasteiger partial charge is 0.271 e. The molecule has 0 aliphatic heterocycles. The van der Waals surface area contributed by atoms with Crippen molar-refractivity contribution in [3.63, 3.8) is 0 Å². The maximum absolute atomic E-state index is 12.5. The molecule has 24 heavy (non-hydrogen) atoms. The van der Waals surface area contributed by atoms with Crippen molar-refractivity contribution < 1.29 is 4.79 Å². The first kappa shape index (κ1) is 14.2. The average molecular weight is 313 g/mol. The van der Waals surface area contributed by atoms with Gasteiger partial charge < -0.3 is 0 Å². The highest BCUT2D eigenvalue weighted by atomic mass is 16.2. The second-order valence-electron chi connectivity index (χ2n) is 5.45. The molecule has 1 aromatic heterocycles. The SMILES string of the molecule is O=C(Nn1nc2ccccc2c1-c1ccccc1)c1ccccc1. The van der Waals surface area contributed by atoms with Crippen molar-refractivity contribution in [3.05, 3.63) is 90.5 Å². The fourth-order valence-electron chi connectivity index (χ4n) is 2.74. The summed E-state index contributed by atoms with van der Waals surface area (Å²) in [6.45, 7) is 0. The summed E-state index contributed by atoms with van der Waals surface area (Å²) in [6, 6.07) is 26.9. The minimum Gasteiger partial charge on any atom is -0.267 e. The molecule has 0 unspecified atom stereocenters. The smallest absolute Gasteiger partial charge is 0.267 e. The Labute approximate surface area is 139 Å². The second-order valence-corrected chi connectivity index (χ2v) is 5.45. The highest BCUT2D eigenvalue weighted by molar-refractivity contribution is 6.01. The van der Waals surface area contributed by atoms with E-state index in [1.54, 1.807) is 16.9 Å². The van der Waals surface area contributed by atoms with Crippen molar-refractivity contribution >= 4 is 16.8 Å². The molecule has 0 bridgehead atoms. The average Bonchev–Trinajstić information content (AvgIpc) is 3.01. The minimum atomic E-state index is -0.194. The summed E-state index contributed by atoms with van der Waals surface area (Å²) in [4.78, 5) is 14.1. The zero-order valence-electron chi connectivity index (χ0n) is 12.9.